The maximum absolute atomic E-state index is 10.7. The highest BCUT2D eigenvalue weighted by Gasteiger charge is 2.04. The van der Waals surface area contributed by atoms with E-state index in [9.17, 15) is 4.57 Å². The van der Waals surface area contributed by atoms with Crippen LogP contribution in [-0.2, 0) is 13.6 Å². The molecule has 0 unspecified atom stereocenters. The first-order valence-corrected chi connectivity index (χ1v) is 4.72. The van der Waals surface area contributed by atoms with E-state index in [0.717, 1.165) is 25.7 Å². The molecule has 1 fully saturated rings. The average Bonchev–Trinajstić information content (AvgIpc) is 2.02. The van der Waals surface area contributed by atoms with Gasteiger partial charge in [0.15, 0.2) is 0 Å². The second kappa shape index (κ2) is 4.78. The number of hydrogen-bond donors (Lipinski definition) is 0. The van der Waals surface area contributed by atoms with Gasteiger partial charge in [0.25, 0.3) is 0 Å². The fraction of sp³-hybridized carbons (Fsp3) is 1.00. The quantitative estimate of drug-likeness (QED) is 0.514. The fourth-order valence-corrected chi connectivity index (χ4v) is 1.50. The second-order valence-electron chi connectivity index (χ2n) is 2.30. The van der Waals surface area contributed by atoms with Crippen molar-refractivity contribution < 1.29 is 13.6 Å². The molecule has 59 valence electrons. The Bertz CT molecular complexity index is 104. The van der Waals surface area contributed by atoms with E-state index in [1.165, 1.54) is 0 Å². The van der Waals surface area contributed by atoms with Gasteiger partial charge in [-0.15, -0.1) is 0 Å². The Morgan fingerprint density at radius 2 is 1.40 bits per heavy atom. The molecule has 1 heterocycles. The minimum absolute atomic E-state index is 0.579. The molecular weight excluding hydrogens is 151 g/mol. The highest BCUT2D eigenvalue weighted by molar-refractivity contribution is 7.33. The summed E-state index contributed by atoms with van der Waals surface area (Å²) in [6, 6.07) is 0. The summed E-state index contributed by atoms with van der Waals surface area (Å²) in [6.45, 7) is 1.16. The summed E-state index contributed by atoms with van der Waals surface area (Å²) >= 11 is 0. The van der Waals surface area contributed by atoms with Crippen molar-refractivity contribution in [1.29, 1.82) is 0 Å². The Morgan fingerprint density at radius 1 is 0.900 bits per heavy atom. The van der Waals surface area contributed by atoms with Crippen molar-refractivity contribution in [2.45, 2.75) is 25.7 Å². The molecule has 0 aromatic carbocycles. The van der Waals surface area contributed by atoms with Gasteiger partial charge in [-0.3, -0.25) is 9.05 Å². The minimum Gasteiger partial charge on any atom is -0.283 e. The molecule has 3 nitrogen and oxygen atoms in total. The first kappa shape index (κ1) is 8.12. The molecule has 1 aliphatic heterocycles. The summed E-state index contributed by atoms with van der Waals surface area (Å²) in [5.74, 6) is 0. The van der Waals surface area contributed by atoms with Crippen LogP contribution in [0.5, 0.6) is 0 Å². The molecule has 0 aromatic rings. The van der Waals surface area contributed by atoms with Crippen LogP contribution in [0.3, 0.4) is 0 Å². The molecule has 0 aliphatic carbocycles. The van der Waals surface area contributed by atoms with Crippen LogP contribution in [0.1, 0.15) is 25.7 Å². The lowest BCUT2D eigenvalue weighted by Gasteiger charge is -1.97. The second-order valence-corrected chi connectivity index (χ2v) is 3.27. The Kier molecular flexibility index (Phi) is 3.88. The molecule has 4 heteroatoms. The molecule has 0 bridgehead atoms. The molecule has 0 N–H and O–H groups in total. The number of hydrogen-bond acceptors (Lipinski definition) is 3. The van der Waals surface area contributed by atoms with E-state index in [-0.39, 0.29) is 0 Å². The maximum atomic E-state index is 10.7. The smallest absolute Gasteiger partial charge is 0.283 e. The van der Waals surface area contributed by atoms with Gasteiger partial charge < -0.3 is 0 Å². The first-order valence-electron chi connectivity index (χ1n) is 3.63. The van der Waals surface area contributed by atoms with Crippen LogP contribution in [0, 0.1) is 0 Å². The summed E-state index contributed by atoms with van der Waals surface area (Å²) in [7, 11) is -1.80. The van der Waals surface area contributed by atoms with Crippen LogP contribution >= 0.6 is 8.25 Å². The predicted molar refractivity (Wildman–Crippen MR) is 38.0 cm³/mol. The first-order chi connectivity index (χ1) is 4.89. The lowest BCUT2D eigenvalue weighted by molar-refractivity contribution is 0.232. The molecule has 0 aromatic heterocycles. The van der Waals surface area contributed by atoms with Gasteiger partial charge in [0, 0.05) is 0 Å². The van der Waals surface area contributed by atoms with Crippen molar-refractivity contribution in [3.8, 4) is 0 Å². The van der Waals surface area contributed by atoms with Crippen molar-refractivity contribution >= 4 is 8.25 Å². The van der Waals surface area contributed by atoms with E-state index >= 15 is 0 Å². The van der Waals surface area contributed by atoms with Crippen LogP contribution in [0.25, 0.3) is 0 Å². The van der Waals surface area contributed by atoms with E-state index < -0.39 is 8.25 Å². The molecule has 0 spiro atoms. The van der Waals surface area contributed by atoms with E-state index in [1.807, 2.05) is 0 Å². The van der Waals surface area contributed by atoms with E-state index in [1.54, 1.807) is 0 Å². The van der Waals surface area contributed by atoms with Crippen molar-refractivity contribution in [3.05, 3.63) is 0 Å². The SMILES string of the molecule is O=[P]1OCCCCCCO1. The van der Waals surface area contributed by atoms with Gasteiger partial charge in [-0.05, 0) is 12.8 Å². The summed E-state index contributed by atoms with van der Waals surface area (Å²) < 4.78 is 20.4. The zero-order valence-electron chi connectivity index (χ0n) is 5.91. The molecule has 10 heavy (non-hydrogen) atoms. The van der Waals surface area contributed by atoms with Crippen molar-refractivity contribution in [2.24, 2.45) is 0 Å². The molecule has 1 radical (unpaired) electrons. The zero-order valence-corrected chi connectivity index (χ0v) is 6.81. The standard InChI is InChI=1S/C6H12O3P/c7-10-8-5-3-1-2-4-6-9-10/h1-6H2. The summed E-state index contributed by atoms with van der Waals surface area (Å²) in [6.07, 6.45) is 4.33. The largest absolute Gasteiger partial charge is 0.368 e. The van der Waals surface area contributed by atoms with Crippen LogP contribution < -0.4 is 0 Å². The Hall–Kier alpha value is 0.0200. The van der Waals surface area contributed by atoms with Gasteiger partial charge in [0.2, 0.25) is 0 Å². The monoisotopic (exact) mass is 163 g/mol. The van der Waals surface area contributed by atoms with E-state index in [4.69, 9.17) is 9.05 Å². The molecule has 1 saturated heterocycles. The van der Waals surface area contributed by atoms with Gasteiger partial charge in [-0.1, -0.05) is 12.8 Å². The van der Waals surface area contributed by atoms with Gasteiger partial charge >= 0.3 is 8.25 Å². The molecule has 1 aliphatic rings. The van der Waals surface area contributed by atoms with E-state index in [2.05, 4.69) is 0 Å². The lowest BCUT2D eigenvalue weighted by atomic mass is 10.2. The normalized spacial score (nSPS) is 23.0. The third kappa shape index (κ3) is 3.25. The van der Waals surface area contributed by atoms with Crippen LogP contribution in [0.4, 0.5) is 0 Å². The Morgan fingerprint density at radius 3 is 1.90 bits per heavy atom. The van der Waals surface area contributed by atoms with Gasteiger partial charge in [0.05, 0.1) is 13.2 Å². The van der Waals surface area contributed by atoms with Crippen LogP contribution in [0.2, 0.25) is 0 Å². The minimum atomic E-state index is -1.80. The molecular formula is C6H12O3P. The Labute approximate surface area is 61.7 Å². The average molecular weight is 163 g/mol. The summed E-state index contributed by atoms with van der Waals surface area (Å²) in [4.78, 5) is 0. The fourth-order valence-electron chi connectivity index (χ4n) is 0.873. The topological polar surface area (TPSA) is 35.5 Å². The number of rotatable bonds is 0. The summed E-state index contributed by atoms with van der Waals surface area (Å²) in [5.41, 5.74) is 0. The predicted octanol–water partition coefficient (Wildman–Crippen LogP) is 2.25. The van der Waals surface area contributed by atoms with Crippen LogP contribution in [-0.4, -0.2) is 13.2 Å². The third-order valence-corrected chi connectivity index (χ3v) is 2.22. The van der Waals surface area contributed by atoms with E-state index in [0.29, 0.717) is 13.2 Å². The molecule has 0 atom stereocenters. The highest BCUT2D eigenvalue weighted by Crippen LogP contribution is 2.25. The van der Waals surface area contributed by atoms with Gasteiger partial charge in [0.1, 0.15) is 0 Å². The van der Waals surface area contributed by atoms with Gasteiger partial charge in [-0.2, -0.15) is 0 Å². The molecule has 0 amide bonds. The maximum Gasteiger partial charge on any atom is 0.368 e. The lowest BCUT2D eigenvalue weighted by Crippen LogP contribution is -1.85. The van der Waals surface area contributed by atoms with Crippen molar-refractivity contribution in [2.75, 3.05) is 13.2 Å². The Balaban J connectivity index is 2.21. The third-order valence-electron chi connectivity index (χ3n) is 1.43. The summed E-state index contributed by atoms with van der Waals surface area (Å²) in [5, 5.41) is 0. The highest BCUT2D eigenvalue weighted by atomic mass is 31.1. The van der Waals surface area contributed by atoms with Crippen molar-refractivity contribution in [1.82, 2.24) is 0 Å². The zero-order chi connectivity index (χ0) is 7.23. The van der Waals surface area contributed by atoms with Crippen LogP contribution in [0.15, 0.2) is 0 Å². The van der Waals surface area contributed by atoms with Gasteiger partial charge in [-0.25, -0.2) is 4.57 Å². The molecule has 0 saturated carbocycles. The van der Waals surface area contributed by atoms with Crippen molar-refractivity contribution in [3.63, 3.8) is 0 Å². The molecule has 1 rings (SSSR count).